The van der Waals surface area contributed by atoms with Gasteiger partial charge in [-0.15, -0.1) is 0 Å². The number of aliphatic hydroxyl groups is 2. The third kappa shape index (κ3) is 65.5. The molecule has 0 aromatic heterocycles. The van der Waals surface area contributed by atoms with E-state index in [1.165, 1.54) is 327 Å². The van der Waals surface area contributed by atoms with Crippen molar-refractivity contribution in [3.63, 3.8) is 0 Å². The predicted octanol–water partition coefficient (Wildman–Crippen LogP) is 23.7. The molecule has 0 rings (SSSR count). The SMILES string of the molecule is CCCCC/C=C\C/C=C\CCCCCCCCCCCC(=O)OCCCCCCCCCCCCCCCCCCCCCCCCCCCCC(=O)NC(CO)C(O)CCCCCCCCCCCCCCCCCCCC. The molecule has 0 radical (unpaired) electrons. The van der Waals surface area contributed by atoms with Crippen LogP contribution in [0.15, 0.2) is 24.3 Å². The second kappa shape index (κ2) is 69.8. The van der Waals surface area contributed by atoms with Crippen LogP contribution in [-0.4, -0.2) is 47.4 Å². The smallest absolute Gasteiger partial charge is 0.305 e. The second-order valence-electron chi connectivity index (χ2n) is 25.3. The molecular weight excluding hydrogens is 983 g/mol. The normalized spacial score (nSPS) is 12.6. The van der Waals surface area contributed by atoms with E-state index in [9.17, 15) is 19.8 Å². The molecule has 2 unspecified atom stereocenters. The molecule has 0 aliphatic carbocycles. The summed E-state index contributed by atoms with van der Waals surface area (Å²) in [7, 11) is 0. The van der Waals surface area contributed by atoms with Crippen molar-refractivity contribution in [2.45, 2.75) is 424 Å². The lowest BCUT2D eigenvalue weighted by atomic mass is 10.0. The fourth-order valence-corrected chi connectivity index (χ4v) is 11.7. The Hall–Kier alpha value is -1.66. The zero-order valence-corrected chi connectivity index (χ0v) is 54.3. The second-order valence-corrected chi connectivity index (χ2v) is 25.3. The van der Waals surface area contributed by atoms with Crippen LogP contribution in [0.1, 0.15) is 412 Å². The minimum Gasteiger partial charge on any atom is -0.466 e. The average Bonchev–Trinajstić information content (AvgIpc) is 3.46. The lowest BCUT2D eigenvalue weighted by molar-refractivity contribution is -0.143. The molecule has 0 fully saturated rings. The van der Waals surface area contributed by atoms with Crippen molar-refractivity contribution in [1.82, 2.24) is 5.32 Å². The van der Waals surface area contributed by atoms with E-state index in [4.69, 9.17) is 4.74 Å². The number of carbonyl (C=O) groups is 2. The van der Waals surface area contributed by atoms with Crippen LogP contribution in [0.5, 0.6) is 0 Å². The molecule has 0 aromatic carbocycles. The summed E-state index contributed by atoms with van der Waals surface area (Å²) in [5, 5.41) is 23.4. The molecule has 0 aliphatic rings. The number of hydrogen-bond acceptors (Lipinski definition) is 5. The minimum absolute atomic E-state index is 0.0145. The zero-order valence-electron chi connectivity index (χ0n) is 54.3. The van der Waals surface area contributed by atoms with Crippen molar-refractivity contribution >= 4 is 11.9 Å². The Labute approximate surface area is 501 Å². The van der Waals surface area contributed by atoms with Gasteiger partial charge in [0.15, 0.2) is 0 Å². The molecule has 0 bridgehead atoms. The molecule has 0 saturated carbocycles. The van der Waals surface area contributed by atoms with Crippen molar-refractivity contribution in [1.29, 1.82) is 0 Å². The molecule has 2 atom stereocenters. The molecule has 474 valence electrons. The molecule has 0 saturated heterocycles. The first kappa shape index (κ1) is 78.3. The number of carbonyl (C=O) groups excluding carboxylic acids is 2. The third-order valence-electron chi connectivity index (χ3n) is 17.3. The van der Waals surface area contributed by atoms with Crippen LogP contribution in [0.3, 0.4) is 0 Å². The van der Waals surface area contributed by atoms with Gasteiger partial charge in [-0.2, -0.15) is 0 Å². The summed E-state index contributed by atoms with van der Waals surface area (Å²) >= 11 is 0. The maximum Gasteiger partial charge on any atom is 0.305 e. The van der Waals surface area contributed by atoms with Crippen molar-refractivity contribution < 1.29 is 24.5 Å². The Morgan fingerprint density at radius 1 is 0.350 bits per heavy atom. The summed E-state index contributed by atoms with van der Waals surface area (Å²) in [5.74, 6) is -0.0142. The molecule has 0 heterocycles. The highest BCUT2D eigenvalue weighted by Gasteiger charge is 2.20. The van der Waals surface area contributed by atoms with Crippen molar-refractivity contribution in [3.05, 3.63) is 24.3 Å². The quantitative estimate of drug-likeness (QED) is 0.0320. The molecule has 80 heavy (non-hydrogen) atoms. The lowest BCUT2D eigenvalue weighted by Crippen LogP contribution is -2.45. The van der Waals surface area contributed by atoms with Gasteiger partial charge in [-0.1, -0.05) is 366 Å². The molecule has 1 amide bonds. The Kier molecular flexibility index (Phi) is 68.4. The fourth-order valence-electron chi connectivity index (χ4n) is 11.7. The Morgan fingerprint density at radius 2 is 0.625 bits per heavy atom. The highest BCUT2D eigenvalue weighted by atomic mass is 16.5. The molecule has 3 N–H and O–H groups in total. The topological polar surface area (TPSA) is 95.9 Å². The van der Waals surface area contributed by atoms with Gasteiger partial charge in [0, 0.05) is 12.8 Å². The largest absolute Gasteiger partial charge is 0.466 e. The average molecular weight is 1130 g/mol. The van der Waals surface area contributed by atoms with Crippen molar-refractivity contribution in [3.8, 4) is 0 Å². The number of hydrogen-bond donors (Lipinski definition) is 3. The summed E-state index contributed by atoms with van der Waals surface area (Å²) in [6.45, 7) is 4.97. The van der Waals surface area contributed by atoms with Gasteiger partial charge < -0.3 is 20.3 Å². The molecule has 6 heteroatoms. The van der Waals surface area contributed by atoms with E-state index >= 15 is 0 Å². The minimum atomic E-state index is -0.663. The summed E-state index contributed by atoms with van der Waals surface area (Å²) in [6.07, 6.45) is 88.0. The zero-order chi connectivity index (χ0) is 57.8. The van der Waals surface area contributed by atoms with Gasteiger partial charge in [0.05, 0.1) is 25.4 Å². The van der Waals surface area contributed by atoms with E-state index < -0.39 is 12.1 Å². The van der Waals surface area contributed by atoms with E-state index in [0.717, 1.165) is 51.4 Å². The van der Waals surface area contributed by atoms with Crippen LogP contribution in [0.4, 0.5) is 0 Å². The van der Waals surface area contributed by atoms with Crippen LogP contribution in [0.25, 0.3) is 0 Å². The number of allylic oxidation sites excluding steroid dienone is 4. The number of ether oxygens (including phenoxy) is 1. The molecule has 0 spiro atoms. The first-order chi connectivity index (χ1) is 39.5. The summed E-state index contributed by atoms with van der Waals surface area (Å²) in [4.78, 5) is 24.7. The first-order valence-electron chi connectivity index (χ1n) is 36.6. The van der Waals surface area contributed by atoms with Crippen LogP contribution < -0.4 is 5.32 Å². The van der Waals surface area contributed by atoms with E-state index in [1.54, 1.807) is 0 Å². The maximum atomic E-state index is 12.5. The van der Waals surface area contributed by atoms with Gasteiger partial charge in [-0.05, 0) is 57.8 Å². The van der Waals surface area contributed by atoms with Crippen LogP contribution in [0.2, 0.25) is 0 Å². The molecular formula is C74H143NO5. The van der Waals surface area contributed by atoms with Gasteiger partial charge in [-0.25, -0.2) is 0 Å². The van der Waals surface area contributed by atoms with Gasteiger partial charge in [0.1, 0.15) is 0 Å². The molecule has 0 aliphatic heterocycles. The number of aliphatic hydroxyl groups excluding tert-OH is 2. The number of esters is 1. The fraction of sp³-hybridized carbons (Fsp3) is 0.919. The summed E-state index contributed by atoms with van der Waals surface area (Å²) in [5.41, 5.74) is 0. The van der Waals surface area contributed by atoms with Gasteiger partial charge in [-0.3, -0.25) is 9.59 Å². The van der Waals surface area contributed by atoms with E-state index in [2.05, 4.69) is 43.5 Å². The van der Waals surface area contributed by atoms with E-state index in [-0.39, 0.29) is 18.5 Å². The highest BCUT2D eigenvalue weighted by Crippen LogP contribution is 2.19. The predicted molar refractivity (Wildman–Crippen MR) is 352 cm³/mol. The summed E-state index contributed by atoms with van der Waals surface area (Å²) in [6, 6.07) is -0.540. The summed E-state index contributed by atoms with van der Waals surface area (Å²) < 4.78 is 5.51. The Morgan fingerprint density at radius 3 is 0.975 bits per heavy atom. The number of rotatable bonds is 69. The van der Waals surface area contributed by atoms with Crippen LogP contribution in [0, 0.1) is 0 Å². The molecule has 0 aromatic rings. The highest BCUT2D eigenvalue weighted by molar-refractivity contribution is 5.76. The number of nitrogens with one attached hydrogen (secondary N) is 1. The number of amides is 1. The van der Waals surface area contributed by atoms with Gasteiger partial charge in [0.25, 0.3) is 0 Å². The van der Waals surface area contributed by atoms with Crippen LogP contribution >= 0.6 is 0 Å². The standard InChI is InChI=1S/C74H143NO5/c1-3-5-7-9-11-13-15-17-19-21-31-36-40-44-48-52-56-60-64-68-74(79)80-69-65-61-57-53-49-45-41-37-33-30-28-26-24-23-25-27-29-32-35-39-43-47-51-55-59-63-67-73(78)75-71(70-76)72(77)66-62-58-54-50-46-42-38-34-22-20-18-16-14-12-10-8-6-4-2/h11,13,17,19,71-72,76-77H,3-10,12,14-16,18,20-70H2,1-2H3,(H,75,78)/b13-11-,19-17-. The van der Waals surface area contributed by atoms with Crippen molar-refractivity contribution in [2.75, 3.05) is 13.2 Å². The third-order valence-corrected chi connectivity index (χ3v) is 17.3. The van der Waals surface area contributed by atoms with E-state index in [1.807, 2.05) is 0 Å². The maximum absolute atomic E-state index is 12.5. The first-order valence-corrected chi connectivity index (χ1v) is 36.6. The van der Waals surface area contributed by atoms with Crippen molar-refractivity contribution in [2.24, 2.45) is 0 Å². The monoisotopic (exact) mass is 1130 g/mol. The van der Waals surface area contributed by atoms with Gasteiger partial charge >= 0.3 is 5.97 Å². The Bertz CT molecular complexity index is 1250. The van der Waals surface area contributed by atoms with E-state index in [0.29, 0.717) is 25.9 Å². The van der Waals surface area contributed by atoms with Crippen LogP contribution in [-0.2, 0) is 14.3 Å². The Balaban J connectivity index is 3.34. The lowest BCUT2D eigenvalue weighted by Gasteiger charge is -2.22. The molecule has 6 nitrogen and oxygen atoms in total. The number of unbranched alkanes of at least 4 members (excludes halogenated alkanes) is 54. The van der Waals surface area contributed by atoms with Gasteiger partial charge in [0.2, 0.25) is 5.91 Å².